The molecular formula is C12H14BrN3O. The van der Waals surface area contributed by atoms with E-state index in [9.17, 15) is 4.79 Å². The molecule has 1 saturated heterocycles. The number of amides is 1. The van der Waals surface area contributed by atoms with Gasteiger partial charge in [-0.2, -0.15) is 0 Å². The van der Waals surface area contributed by atoms with E-state index < -0.39 is 0 Å². The number of carbonyl (C=O) groups excluding carboxylic acids is 1. The van der Waals surface area contributed by atoms with Gasteiger partial charge in [0.25, 0.3) is 0 Å². The Hall–Kier alpha value is -1.23. The van der Waals surface area contributed by atoms with Crippen molar-refractivity contribution in [3.8, 4) is 0 Å². The van der Waals surface area contributed by atoms with Crippen LogP contribution in [0.2, 0.25) is 0 Å². The minimum Gasteiger partial charge on any atom is -0.339 e. The van der Waals surface area contributed by atoms with Crippen molar-refractivity contribution in [3.63, 3.8) is 0 Å². The van der Waals surface area contributed by atoms with Crippen LogP contribution in [0.3, 0.4) is 0 Å². The van der Waals surface area contributed by atoms with Crippen molar-refractivity contribution in [2.24, 2.45) is 0 Å². The molecule has 1 fully saturated rings. The predicted molar refractivity (Wildman–Crippen MR) is 68.5 cm³/mol. The summed E-state index contributed by atoms with van der Waals surface area (Å²) < 4.78 is 0.889. The lowest BCUT2D eigenvalue weighted by Crippen LogP contribution is -2.37. The van der Waals surface area contributed by atoms with Gasteiger partial charge < -0.3 is 4.90 Å². The van der Waals surface area contributed by atoms with Crippen LogP contribution in [0.5, 0.6) is 0 Å². The van der Waals surface area contributed by atoms with E-state index in [4.69, 9.17) is 0 Å². The summed E-state index contributed by atoms with van der Waals surface area (Å²) >= 11 is 3.32. The second-order valence-electron chi connectivity index (χ2n) is 4.06. The average Bonchev–Trinajstić information content (AvgIpc) is 2.39. The van der Waals surface area contributed by atoms with Gasteiger partial charge in [-0.3, -0.25) is 4.79 Å². The second kappa shape index (κ2) is 5.40. The van der Waals surface area contributed by atoms with Gasteiger partial charge in [0.2, 0.25) is 5.91 Å². The van der Waals surface area contributed by atoms with E-state index in [0.717, 1.165) is 36.2 Å². The zero-order chi connectivity index (χ0) is 12.3. The van der Waals surface area contributed by atoms with Gasteiger partial charge in [-0.05, 0) is 34.8 Å². The lowest BCUT2D eigenvalue weighted by atomic mass is 9.96. The summed E-state index contributed by atoms with van der Waals surface area (Å²) in [5.41, 5.74) is 0. The molecule has 0 N–H and O–H groups in total. The quantitative estimate of drug-likeness (QED) is 0.785. The monoisotopic (exact) mass is 295 g/mol. The molecule has 1 amide bonds. The van der Waals surface area contributed by atoms with Crippen molar-refractivity contribution in [3.05, 3.63) is 35.3 Å². The standard InChI is InChI=1S/C12H14BrN3O/c1-2-11(17)16-5-3-9(4-6-16)12-14-7-10(13)8-15-12/h2,7-9H,1,3-6H2. The molecule has 0 radical (unpaired) electrons. The van der Waals surface area contributed by atoms with E-state index in [-0.39, 0.29) is 5.91 Å². The molecule has 0 aliphatic carbocycles. The van der Waals surface area contributed by atoms with Gasteiger partial charge in [0.15, 0.2) is 0 Å². The Bertz CT molecular complexity index is 410. The highest BCUT2D eigenvalue weighted by Crippen LogP contribution is 2.25. The molecule has 0 bridgehead atoms. The van der Waals surface area contributed by atoms with Gasteiger partial charge in [-0.25, -0.2) is 9.97 Å². The number of hydrogen-bond donors (Lipinski definition) is 0. The first-order valence-corrected chi connectivity index (χ1v) is 6.39. The maximum absolute atomic E-state index is 11.4. The number of hydrogen-bond acceptors (Lipinski definition) is 3. The van der Waals surface area contributed by atoms with E-state index >= 15 is 0 Å². The Morgan fingerprint density at radius 1 is 1.41 bits per heavy atom. The Morgan fingerprint density at radius 3 is 2.53 bits per heavy atom. The van der Waals surface area contributed by atoms with Crippen LogP contribution in [0.1, 0.15) is 24.6 Å². The van der Waals surface area contributed by atoms with Crippen molar-refractivity contribution >= 4 is 21.8 Å². The number of halogens is 1. The Labute approximate surface area is 109 Å². The molecule has 0 aromatic carbocycles. The fourth-order valence-corrected chi connectivity index (χ4v) is 2.23. The average molecular weight is 296 g/mol. The summed E-state index contributed by atoms with van der Waals surface area (Å²) in [5.74, 6) is 1.25. The van der Waals surface area contributed by atoms with Gasteiger partial charge in [-0.1, -0.05) is 6.58 Å². The first-order valence-electron chi connectivity index (χ1n) is 5.59. The summed E-state index contributed by atoms with van der Waals surface area (Å²) in [6.45, 7) is 5.02. The molecule has 1 aliphatic rings. The van der Waals surface area contributed by atoms with Crippen LogP contribution in [0, 0.1) is 0 Å². The molecule has 90 valence electrons. The normalized spacial score (nSPS) is 16.9. The first kappa shape index (κ1) is 12.2. The highest BCUT2D eigenvalue weighted by molar-refractivity contribution is 9.10. The fraction of sp³-hybridized carbons (Fsp3) is 0.417. The molecule has 0 atom stereocenters. The smallest absolute Gasteiger partial charge is 0.245 e. The lowest BCUT2D eigenvalue weighted by molar-refractivity contribution is -0.127. The zero-order valence-electron chi connectivity index (χ0n) is 9.47. The number of carbonyl (C=O) groups is 1. The maximum Gasteiger partial charge on any atom is 0.245 e. The van der Waals surface area contributed by atoms with E-state index in [1.165, 1.54) is 6.08 Å². The summed E-state index contributed by atoms with van der Waals surface area (Å²) in [6.07, 6.45) is 6.74. The number of piperidine rings is 1. The topological polar surface area (TPSA) is 46.1 Å². The number of rotatable bonds is 2. The van der Waals surface area contributed by atoms with Crippen molar-refractivity contribution in [2.45, 2.75) is 18.8 Å². The maximum atomic E-state index is 11.4. The second-order valence-corrected chi connectivity index (χ2v) is 4.98. The summed E-state index contributed by atoms with van der Waals surface area (Å²) in [4.78, 5) is 21.9. The van der Waals surface area contributed by atoms with Crippen molar-refractivity contribution < 1.29 is 4.79 Å². The Morgan fingerprint density at radius 2 is 2.00 bits per heavy atom. The molecule has 17 heavy (non-hydrogen) atoms. The molecule has 0 spiro atoms. The highest BCUT2D eigenvalue weighted by Gasteiger charge is 2.24. The minimum absolute atomic E-state index is 0.0141. The fourth-order valence-electron chi connectivity index (χ4n) is 2.02. The molecule has 5 heteroatoms. The van der Waals surface area contributed by atoms with Gasteiger partial charge in [0, 0.05) is 31.4 Å². The third kappa shape index (κ3) is 2.91. The van der Waals surface area contributed by atoms with Crippen LogP contribution in [-0.2, 0) is 4.79 Å². The van der Waals surface area contributed by atoms with Gasteiger partial charge in [0.05, 0.1) is 4.47 Å². The van der Waals surface area contributed by atoms with E-state index in [1.807, 2.05) is 4.90 Å². The van der Waals surface area contributed by atoms with Crippen LogP contribution in [0.25, 0.3) is 0 Å². The molecular weight excluding hydrogens is 282 g/mol. The van der Waals surface area contributed by atoms with Crippen LogP contribution < -0.4 is 0 Å². The zero-order valence-corrected chi connectivity index (χ0v) is 11.1. The molecule has 1 aliphatic heterocycles. The van der Waals surface area contributed by atoms with Crippen molar-refractivity contribution in [2.75, 3.05) is 13.1 Å². The molecule has 4 nitrogen and oxygen atoms in total. The van der Waals surface area contributed by atoms with Crippen LogP contribution in [0.4, 0.5) is 0 Å². The van der Waals surface area contributed by atoms with Crippen molar-refractivity contribution in [1.82, 2.24) is 14.9 Å². The molecule has 2 heterocycles. The molecule has 0 saturated carbocycles. The number of aromatic nitrogens is 2. The summed E-state index contributed by atoms with van der Waals surface area (Å²) in [5, 5.41) is 0. The highest BCUT2D eigenvalue weighted by atomic mass is 79.9. The third-order valence-corrected chi connectivity index (χ3v) is 3.40. The largest absolute Gasteiger partial charge is 0.339 e. The van der Waals surface area contributed by atoms with Crippen LogP contribution >= 0.6 is 15.9 Å². The summed E-state index contributed by atoms with van der Waals surface area (Å²) in [7, 11) is 0. The lowest BCUT2D eigenvalue weighted by Gasteiger charge is -2.30. The SMILES string of the molecule is C=CC(=O)N1CCC(c2ncc(Br)cn2)CC1. The number of likely N-dealkylation sites (tertiary alicyclic amines) is 1. The van der Waals surface area contributed by atoms with E-state index in [1.54, 1.807) is 12.4 Å². The Balaban J connectivity index is 1.97. The Kier molecular flexibility index (Phi) is 3.89. The van der Waals surface area contributed by atoms with Crippen LogP contribution in [-0.4, -0.2) is 33.9 Å². The molecule has 0 unspecified atom stereocenters. The van der Waals surface area contributed by atoms with Crippen LogP contribution in [0.15, 0.2) is 29.5 Å². The van der Waals surface area contributed by atoms with Gasteiger partial charge in [0.1, 0.15) is 5.82 Å². The molecule has 1 aromatic heterocycles. The first-order chi connectivity index (χ1) is 8.20. The van der Waals surface area contributed by atoms with Gasteiger partial charge >= 0.3 is 0 Å². The minimum atomic E-state index is 0.0141. The molecule has 1 aromatic rings. The van der Waals surface area contributed by atoms with Gasteiger partial charge in [-0.15, -0.1) is 0 Å². The molecule has 2 rings (SSSR count). The predicted octanol–water partition coefficient (Wildman–Crippen LogP) is 2.13. The number of nitrogens with zero attached hydrogens (tertiary/aromatic N) is 3. The van der Waals surface area contributed by atoms with E-state index in [0.29, 0.717) is 5.92 Å². The van der Waals surface area contributed by atoms with E-state index in [2.05, 4.69) is 32.5 Å². The third-order valence-electron chi connectivity index (χ3n) is 2.99. The summed E-state index contributed by atoms with van der Waals surface area (Å²) in [6, 6.07) is 0. The van der Waals surface area contributed by atoms with Crippen molar-refractivity contribution in [1.29, 1.82) is 0 Å².